The lowest BCUT2D eigenvalue weighted by Gasteiger charge is -2.17. The summed E-state index contributed by atoms with van der Waals surface area (Å²) in [5, 5.41) is 8.88. The van der Waals surface area contributed by atoms with E-state index in [1.807, 2.05) is 43.1 Å². The number of rotatable bonds is 2. The van der Waals surface area contributed by atoms with Gasteiger partial charge in [0.05, 0.1) is 0 Å². The fourth-order valence-corrected chi connectivity index (χ4v) is 1.96. The molecule has 0 saturated heterocycles. The van der Waals surface area contributed by atoms with Crippen LogP contribution in [-0.2, 0) is 0 Å². The molecule has 0 radical (unpaired) electrons. The average Bonchev–Trinajstić information content (AvgIpc) is 2.85. The predicted molar refractivity (Wildman–Crippen MR) is 73.6 cm³/mol. The monoisotopic (exact) mass is 265 g/mol. The number of fused-ring (bicyclic) bond motifs is 1. The van der Waals surface area contributed by atoms with Gasteiger partial charge >= 0.3 is 0 Å². The predicted octanol–water partition coefficient (Wildman–Crippen LogP) is 2.57. The van der Waals surface area contributed by atoms with Crippen LogP contribution >= 0.6 is 0 Å². The van der Waals surface area contributed by atoms with Gasteiger partial charge in [0.15, 0.2) is 11.5 Å². The third kappa shape index (κ3) is 2.06. The zero-order chi connectivity index (χ0) is 14.1. The molecule has 0 atom stereocenters. The van der Waals surface area contributed by atoms with Crippen LogP contribution in [0.3, 0.4) is 0 Å². The van der Waals surface area contributed by atoms with Crippen molar-refractivity contribution in [3.8, 4) is 6.07 Å². The van der Waals surface area contributed by atoms with Crippen molar-refractivity contribution in [1.82, 2.24) is 15.0 Å². The first kappa shape index (κ1) is 12.1. The first-order chi connectivity index (χ1) is 9.67. The van der Waals surface area contributed by atoms with Crippen molar-refractivity contribution in [2.45, 2.75) is 6.92 Å². The molecule has 0 bridgehead atoms. The quantitative estimate of drug-likeness (QED) is 0.708. The molecule has 6 nitrogen and oxygen atoms in total. The summed E-state index contributed by atoms with van der Waals surface area (Å²) in [7, 11) is 1.87. The molecule has 6 heteroatoms. The van der Waals surface area contributed by atoms with Gasteiger partial charge in [-0.25, -0.2) is 15.0 Å². The Bertz CT molecular complexity index is 818. The van der Waals surface area contributed by atoms with Gasteiger partial charge in [-0.1, -0.05) is 0 Å². The molecule has 2 heterocycles. The minimum absolute atomic E-state index is 0.332. The molecule has 0 aliphatic carbocycles. The highest BCUT2D eigenvalue weighted by Crippen LogP contribution is 2.26. The third-order valence-corrected chi connectivity index (χ3v) is 2.98. The van der Waals surface area contributed by atoms with E-state index in [0.29, 0.717) is 17.4 Å². The first-order valence-electron chi connectivity index (χ1n) is 6.00. The van der Waals surface area contributed by atoms with Crippen molar-refractivity contribution < 1.29 is 4.42 Å². The number of oxazole rings is 1. The average molecular weight is 265 g/mol. The molecule has 20 heavy (non-hydrogen) atoms. The summed E-state index contributed by atoms with van der Waals surface area (Å²) in [6.45, 7) is 1.81. The molecule has 0 fully saturated rings. The van der Waals surface area contributed by atoms with Crippen molar-refractivity contribution in [3.63, 3.8) is 0 Å². The Morgan fingerprint density at radius 3 is 2.90 bits per heavy atom. The molecule has 3 aromatic rings. The molecule has 0 saturated carbocycles. The van der Waals surface area contributed by atoms with Gasteiger partial charge in [0.25, 0.3) is 0 Å². The number of anilines is 2. The lowest BCUT2D eigenvalue weighted by molar-refractivity contribution is 0.561. The van der Waals surface area contributed by atoms with Gasteiger partial charge in [0.2, 0.25) is 0 Å². The van der Waals surface area contributed by atoms with Crippen LogP contribution in [0.2, 0.25) is 0 Å². The molecule has 98 valence electrons. The van der Waals surface area contributed by atoms with Crippen LogP contribution in [-0.4, -0.2) is 22.0 Å². The molecule has 3 rings (SSSR count). The van der Waals surface area contributed by atoms with Crippen LogP contribution in [0, 0.1) is 18.3 Å². The van der Waals surface area contributed by atoms with Crippen LogP contribution in [0.15, 0.2) is 35.0 Å². The van der Waals surface area contributed by atoms with Crippen LogP contribution in [0.1, 0.15) is 11.6 Å². The maximum absolute atomic E-state index is 8.88. The van der Waals surface area contributed by atoms with Crippen molar-refractivity contribution in [3.05, 3.63) is 42.2 Å². The number of hydrogen-bond acceptors (Lipinski definition) is 6. The van der Waals surface area contributed by atoms with Gasteiger partial charge in [-0.05, 0) is 12.1 Å². The molecule has 0 N–H and O–H groups in total. The number of aryl methyl sites for hydroxylation is 1. The van der Waals surface area contributed by atoms with Crippen LogP contribution < -0.4 is 4.90 Å². The lowest BCUT2D eigenvalue weighted by atomic mass is 10.2. The van der Waals surface area contributed by atoms with Crippen molar-refractivity contribution in [2.75, 3.05) is 11.9 Å². The molecule has 2 aromatic heterocycles. The van der Waals surface area contributed by atoms with E-state index in [-0.39, 0.29) is 0 Å². The Morgan fingerprint density at radius 2 is 2.10 bits per heavy atom. The zero-order valence-corrected chi connectivity index (χ0v) is 11.0. The summed E-state index contributed by atoms with van der Waals surface area (Å²) in [6.07, 6.45) is 1.38. The summed E-state index contributed by atoms with van der Waals surface area (Å²) in [5.41, 5.74) is 2.77. The Labute approximate surface area is 115 Å². The van der Waals surface area contributed by atoms with Crippen LogP contribution in [0.25, 0.3) is 11.1 Å². The first-order valence-corrected chi connectivity index (χ1v) is 6.00. The second kappa shape index (κ2) is 4.63. The smallest absolute Gasteiger partial charge is 0.192 e. The maximum Gasteiger partial charge on any atom is 0.192 e. The molecule has 0 amide bonds. The molecule has 0 aliphatic heterocycles. The van der Waals surface area contributed by atoms with E-state index in [9.17, 15) is 0 Å². The van der Waals surface area contributed by atoms with Gasteiger partial charge in [0.1, 0.15) is 29.4 Å². The van der Waals surface area contributed by atoms with Crippen molar-refractivity contribution >= 4 is 22.6 Å². The van der Waals surface area contributed by atoms with E-state index in [4.69, 9.17) is 9.68 Å². The maximum atomic E-state index is 8.88. The van der Waals surface area contributed by atoms with E-state index in [2.05, 4.69) is 15.0 Å². The molecule has 0 spiro atoms. The summed E-state index contributed by atoms with van der Waals surface area (Å²) in [6, 6.07) is 9.35. The Kier molecular flexibility index (Phi) is 2.80. The number of nitriles is 1. The van der Waals surface area contributed by atoms with Crippen molar-refractivity contribution in [1.29, 1.82) is 5.26 Å². The van der Waals surface area contributed by atoms with Crippen LogP contribution in [0.4, 0.5) is 11.5 Å². The normalized spacial score (nSPS) is 10.4. The summed E-state index contributed by atoms with van der Waals surface area (Å²) in [5.74, 6) is 1.28. The van der Waals surface area contributed by atoms with Gasteiger partial charge in [0, 0.05) is 31.8 Å². The third-order valence-electron chi connectivity index (χ3n) is 2.98. The van der Waals surface area contributed by atoms with E-state index < -0.39 is 0 Å². The number of nitrogens with zero attached hydrogens (tertiary/aromatic N) is 5. The zero-order valence-electron chi connectivity index (χ0n) is 11.0. The van der Waals surface area contributed by atoms with Gasteiger partial charge < -0.3 is 9.32 Å². The fourth-order valence-electron chi connectivity index (χ4n) is 1.96. The summed E-state index contributed by atoms with van der Waals surface area (Å²) < 4.78 is 5.52. The highest BCUT2D eigenvalue weighted by molar-refractivity contribution is 5.79. The second-order valence-electron chi connectivity index (χ2n) is 4.32. The van der Waals surface area contributed by atoms with E-state index in [1.54, 1.807) is 6.07 Å². The van der Waals surface area contributed by atoms with Gasteiger partial charge in [-0.15, -0.1) is 0 Å². The highest BCUT2D eigenvalue weighted by Gasteiger charge is 2.09. The molecule has 1 aromatic carbocycles. The highest BCUT2D eigenvalue weighted by atomic mass is 16.3. The largest absolute Gasteiger partial charge is 0.441 e. The molecular formula is C14H11N5O. The number of hydrogen-bond donors (Lipinski definition) is 0. The topological polar surface area (TPSA) is 78.8 Å². The van der Waals surface area contributed by atoms with Gasteiger partial charge in [-0.2, -0.15) is 5.26 Å². The standard InChI is InChI=1S/C14H11N5O/c1-9-18-12-4-3-11(6-13(12)20-9)19(2)14-5-10(7-15)16-8-17-14/h3-6,8H,1-2H3. The minimum Gasteiger partial charge on any atom is -0.441 e. The molecular weight excluding hydrogens is 254 g/mol. The van der Waals surface area contributed by atoms with E-state index in [1.165, 1.54) is 6.33 Å². The Hall–Kier alpha value is -2.94. The fraction of sp³-hybridized carbons (Fsp3) is 0.143. The Balaban J connectivity index is 2.02. The second-order valence-corrected chi connectivity index (χ2v) is 4.32. The molecule has 0 unspecified atom stereocenters. The summed E-state index contributed by atoms with van der Waals surface area (Å²) in [4.78, 5) is 14.1. The Morgan fingerprint density at radius 1 is 1.25 bits per heavy atom. The summed E-state index contributed by atoms with van der Waals surface area (Å²) >= 11 is 0. The minimum atomic E-state index is 0.332. The number of benzene rings is 1. The van der Waals surface area contributed by atoms with E-state index in [0.717, 1.165) is 16.8 Å². The van der Waals surface area contributed by atoms with Gasteiger partial charge in [-0.3, -0.25) is 0 Å². The molecule has 0 aliphatic rings. The van der Waals surface area contributed by atoms with Crippen molar-refractivity contribution in [2.24, 2.45) is 0 Å². The number of aromatic nitrogens is 3. The lowest BCUT2D eigenvalue weighted by Crippen LogP contribution is -2.11. The van der Waals surface area contributed by atoms with Crippen LogP contribution in [0.5, 0.6) is 0 Å². The van der Waals surface area contributed by atoms with E-state index >= 15 is 0 Å². The SMILES string of the molecule is Cc1nc2ccc(N(C)c3cc(C#N)ncn3)cc2o1.